The summed E-state index contributed by atoms with van der Waals surface area (Å²) >= 11 is 0. The van der Waals surface area contributed by atoms with E-state index in [1.165, 1.54) is 0 Å². The second-order valence-corrected chi connectivity index (χ2v) is 4.39. The van der Waals surface area contributed by atoms with Crippen LogP contribution in [0.5, 0.6) is 0 Å². The summed E-state index contributed by atoms with van der Waals surface area (Å²) in [5.41, 5.74) is 0. The largest absolute Gasteiger partial charge is 0.329 e. The van der Waals surface area contributed by atoms with Crippen molar-refractivity contribution in [2.45, 2.75) is 6.42 Å². The fraction of sp³-hybridized carbons (Fsp3) is 0.714. The van der Waals surface area contributed by atoms with Gasteiger partial charge in [-0.1, -0.05) is 0 Å². The summed E-state index contributed by atoms with van der Waals surface area (Å²) in [5, 5.41) is 2.42. The van der Waals surface area contributed by atoms with Gasteiger partial charge in [-0.15, -0.1) is 0 Å². The van der Waals surface area contributed by atoms with E-state index in [2.05, 4.69) is 5.32 Å². The second-order valence-electron chi connectivity index (χ2n) is 2.83. The first-order valence-corrected chi connectivity index (χ1v) is 5.72. The predicted molar refractivity (Wildman–Crippen MR) is 48.7 cm³/mol. The molecule has 0 spiro atoms. The first-order chi connectivity index (χ1) is 6.11. The molecule has 0 aliphatic carbocycles. The Hall–Kier alpha value is -0.910. The lowest BCUT2D eigenvalue weighted by atomic mass is 10.4. The molecule has 0 aromatic rings. The summed E-state index contributed by atoms with van der Waals surface area (Å²) in [7, 11) is -0.858. The van der Waals surface area contributed by atoms with Crippen LogP contribution in [0.1, 0.15) is 6.42 Å². The van der Waals surface area contributed by atoms with Crippen LogP contribution in [0.25, 0.3) is 0 Å². The molecule has 1 N–H and O–H groups in total. The average Bonchev–Trinajstić information content (AvgIpc) is 2.34. The third kappa shape index (κ3) is 2.80. The van der Waals surface area contributed by atoms with E-state index >= 15 is 0 Å². The summed E-state index contributed by atoms with van der Waals surface area (Å²) in [6.07, 6.45) is 2.20. The lowest BCUT2D eigenvalue weighted by molar-refractivity contribution is -0.124. The van der Waals surface area contributed by atoms with Gasteiger partial charge >= 0.3 is 6.03 Å². The van der Waals surface area contributed by atoms with Crippen molar-refractivity contribution in [3.8, 4) is 0 Å². The van der Waals surface area contributed by atoms with Gasteiger partial charge in [0.1, 0.15) is 0 Å². The zero-order valence-electron chi connectivity index (χ0n) is 7.41. The molecule has 1 saturated heterocycles. The van der Waals surface area contributed by atoms with Crippen LogP contribution in [-0.4, -0.2) is 46.1 Å². The number of imide groups is 1. The van der Waals surface area contributed by atoms with Crippen molar-refractivity contribution in [3.63, 3.8) is 0 Å². The molecule has 1 aliphatic rings. The number of nitrogens with zero attached hydrogens (tertiary/aromatic N) is 1. The molecule has 1 heterocycles. The number of carbonyl (C=O) groups excluding carboxylic acids is 2. The van der Waals surface area contributed by atoms with E-state index in [1.54, 1.807) is 6.26 Å². The highest BCUT2D eigenvalue weighted by atomic mass is 32.2. The van der Waals surface area contributed by atoms with Crippen molar-refractivity contribution < 1.29 is 13.8 Å². The van der Waals surface area contributed by atoms with E-state index in [1.807, 2.05) is 0 Å². The maximum absolute atomic E-state index is 11.0. The summed E-state index contributed by atoms with van der Waals surface area (Å²) < 4.78 is 10.7. The first kappa shape index (κ1) is 10.2. The molecule has 0 radical (unpaired) electrons. The van der Waals surface area contributed by atoms with Crippen molar-refractivity contribution in [1.29, 1.82) is 0 Å². The minimum atomic E-state index is -0.858. The smallest absolute Gasteiger partial charge is 0.324 e. The van der Waals surface area contributed by atoms with Gasteiger partial charge in [0, 0.05) is 29.4 Å². The number of carbonyl (C=O) groups is 2. The molecule has 6 heteroatoms. The zero-order chi connectivity index (χ0) is 9.84. The minimum Gasteiger partial charge on any atom is -0.329 e. The molecule has 5 nitrogen and oxygen atoms in total. The number of hydrogen-bond donors (Lipinski definition) is 1. The highest BCUT2D eigenvalue weighted by Gasteiger charge is 2.27. The molecule has 1 fully saturated rings. The highest BCUT2D eigenvalue weighted by Crippen LogP contribution is 2.00. The summed E-state index contributed by atoms with van der Waals surface area (Å²) in [6, 6.07) is -0.341. The Kier molecular flexibility index (Phi) is 3.41. The zero-order valence-corrected chi connectivity index (χ0v) is 8.23. The van der Waals surface area contributed by atoms with Crippen molar-refractivity contribution in [2.24, 2.45) is 0 Å². The van der Waals surface area contributed by atoms with E-state index in [9.17, 15) is 13.8 Å². The summed E-state index contributed by atoms with van der Waals surface area (Å²) in [6.45, 7) is 0.457. The van der Waals surface area contributed by atoms with E-state index < -0.39 is 10.8 Å². The van der Waals surface area contributed by atoms with Gasteiger partial charge in [-0.05, 0) is 6.42 Å². The van der Waals surface area contributed by atoms with Crippen LogP contribution < -0.4 is 5.32 Å². The molecule has 0 bridgehead atoms. The Morgan fingerprint density at radius 1 is 1.54 bits per heavy atom. The van der Waals surface area contributed by atoms with Gasteiger partial charge in [-0.2, -0.15) is 0 Å². The summed E-state index contributed by atoms with van der Waals surface area (Å²) in [5.74, 6) is 0.323. The molecule has 74 valence electrons. The quantitative estimate of drug-likeness (QED) is 0.616. The molecular formula is C7H12N2O3S. The molecule has 1 unspecified atom stereocenters. The van der Waals surface area contributed by atoms with Crippen molar-refractivity contribution in [3.05, 3.63) is 0 Å². The Morgan fingerprint density at radius 2 is 2.23 bits per heavy atom. The molecule has 0 saturated carbocycles. The van der Waals surface area contributed by atoms with Crippen LogP contribution in [0.2, 0.25) is 0 Å². The maximum atomic E-state index is 11.0. The topological polar surface area (TPSA) is 66.5 Å². The van der Waals surface area contributed by atoms with Crippen molar-refractivity contribution in [1.82, 2.24) is 10.2 Å². The van der Waals surface area contributed by atoms with Gasteiger partial charge in [-0.25, -0.2) is 4.79 Å². The number of hydrogen-bond acceptors (Lipinski definition) is 3. The molecule has 13 heavy (non-hydrogen) atoms. The average molecular weight is 204 g/mol. The standard InChI is InChI=1S/C7H12N2O3S/c1-13(12)4-2-3-9-6(10)5-8-7(9)11/h2-5H2,1H3,(H,8,11). The summed E-state index contributed by atoms with van der Waals surface area (Å²) in [4.78, 5) is 23.2. The van der Waals surface area contributed by atoms with Crippen LogP contribution in [-0.2, 0) is 15.6 Å². The third-order valence-electron chi connectivity index (χ3n) is 1.75. The van der Waals surface area contributed by atoms with Gasteiger partial charge in [0.2, 0.25) is 5.91 Å². The fourth-order valence-electron chi connectivity index (χ4n) is 1.11. The fourth-order valence-corrected chi connectivity index (χ4v) is 1.64. The molecule has 1 atom stereocenters. The molecule has 0 aromatic heterocycles. The van der Waals surface area contributed by atoms with Gasteiger partial charge < -0.3 is 5.32 Å². The highest BCUT2D eigenvalue weighted by molar-refractivity contribution is 7.84. The van der Waals surface area contributed by atoms with Crippen LogP contribution >= 0.6 is 0 Å². The van der Waals surface area contributed by atoms with Gasteiger partial charge in [0.15, 0.2) is 0 Å². The molecule has 0 aromatic carbocycles. The lowest BCUT2D eigenvalue weighted by Crippen LogP contribution is -2.32. The SMILES string of the molecule is CS(=O)CCCN1C(=O)CNC1=O. The van der Waals surface area contributed by atoms with Crippen molar-refractivity contribution >= 4 is 22.7 Å². The Balaban J connectivity index is 2.31. The van der Waals surface area contributed by atoms with Crippen LogP contribution in [0.15, 0.2) is 0 Å². The lowest BCUT2D eigenvalue weighted by Gasteiger charge is -2.10. The predicted octanol–water partition coefficient (Wildman–Crippen LogP) is -0.693. The van der Waals surface area contributed by atoms with E-state index in [0.717, 1.165) is 4.90 Å². The van der Waals surface area contributed by atoms with E-state index in [0.29, 0.717) is 18.7 Å². The number of urea groups is 1. The Labute approximate surface area is 78.9 Å². The molecule has 1 rings (SSSR count). The number of nitrogens with one attached hydrogen (secondary N) is 1. The van der Waals surface area contributed by atoms with Gasteiger partial charge in [-0.3, -0.25) is 13.9 Å². The second kappa shape index (κ2) is 4.36. The number of rotatable bonds is 4. The Bertz CT molecular complexity index is 238. The maximum Gasteiger partial charge on any atom is 0.324 e. The van der Waals surface area contributed by atoms with Crippen molar-refractivity contribution in [2.75, 3.05) is 25.1 Å². The minimum absolute atomic E-state index is 0.0913. The van der Waals surface area contributed by atoms with Crippen LogP contribution in [0, 0.1) is 0 Å². The van der Waals surface area contributed by atoms with Crippen LogP contribution in [0.3, 0.4) is 0 Å². The number of amides is 3. The molecular weight excluding hydrogens is 192 g/mol. The third-order valence-corrected chi connectivity index (χ3v) is 2.61. The van der Waals surface area contributed by atoms with E-state index in [-0.39, 0.29) is 18.5 Å². The van der Waals surface area contributed by atoms with E-state index in [4.69, 9.17) is 0 Å². The van der Waals surface area contributed by atoms with Crippen LogP contribution in [0.4, 0.5) is 4.79 Å². The van der Waals surface area contributed by atoms with Gasteiger partial charge in [0.05, 0.1) is 6.54 Å². The molecule has 3 amide bonds. The first-order valence-electron chi connectivity index (χ1n) is 3.99. The Morgan fingerprint density at radius 3 is 2.69 bits per heavy atom. The normalized spacial score (nSPS) is 19.0. The monoisotopic (exact) mass is 204 g/mol. The van der Waals surface area contributed by atoms with Gasteiger partial charge in [0.25, 0.3) is 0 Å². The molecule has 1 aliphatic heterocycles.